The lowest BCUT2D eigenvalue weighted by Crippen LogP contribution is -2.51. The summed E-state index contributed by atoms with van der Waals surface area (Å²) in [6.45, 7) is 0. The Kier molecular flexibility index (Phi) is 5.65. The van der Waals surface area contributed by atoms with Crippen LogP contribution in [0.2, 0.25) is 5.02 Å². The largest absolute Gasteiger partial charge is 0.397 e. The number of carbonyl (C=O) groups excluding carboxylic acids is 1. The lowest BCUT2D eigenvalue weighted by atomic mass is 9.88. The van der Waals surface area contributed by atoms with Crippen LogP contribution in [0.15, 0.2) is 61.3 Å². The van der Waals surface area contributed by atoms with Crippen molar-refractivity contribution in [3.8, 4) is 11.1 Å². The van der Waals surface area contributed by atoms with Gasteiger partial charge < -0.3 is 16.1 Å². The van der Waals surface area contributed by atoms with Crippen LogP contribution >= 0.6 is 11.6 Å². The third-order valence-corrected chi connectivity index (χ3v) is 6.23. The van der Waals surface area contributed by atoms with Crippen molar-refractivity contribution in [2.24, 2.45) is 11.6 Å². The van der Waals surface area contributed by atoms with Crippen LogP contribution in [-0.2, 0) is 0 Å². The van der Waals surface area contributed by atoms with E-state index in [-0.39, 0.29) is 18.5 Å². The smallest absolute Gasteiger partial charge is 0.274 e. The van der Waals surface area contributed by atoms with Gasteiger partial charge in [-0.05, 0) is 24.3 Å². The zero-order chi connectivity index (χ0) is 24.7. The minimum Gasteiger partial charge on any atom is -0.397 e. The van der Waals surface area contributed by atoms with Crippen LogP contribution in [0, 0.1) is 0 Å². The first kappa shape index (κ1) is 22.8. The molecule has 1 saturated carbocycles. The molecule has 0 radical (unpaired) electrons. The number of fused-ring (bicyclic) bond motifs is 1. The molecule has 180 valence electrons. The molecule has 1 amide bonds. The Morgan fingerprint density at radius 2 is 2.06 bits per heavy atom. The van der Waals surface area contributed by atoms with Crippen molar-refractivity contribution in [2.75, 3.05) is 5.32 Å². The minimum absolute atomic E-state index is 0.245. The highest BCUT2D eigenvalue weighted by Gasteiger charge is 2.47. The summed E-state index contributed by atoms with van der Waals surface area (Å²) in [5.74, 6) is 2.76. The molecule has 0 saturated heterocycles. The molecule has 3 aromatic heterocycles. The second kappa shape index (κ2) is 8.67. The zero-order valence-corrected chi connectivity index (χ0v) is 19.0. The molecule has 12 heteroatoms. The van der Waals surface area contributed by atoms with E-state index in [0.717, 1.165) is 11.1 Å². The monoisotopic (exact) mass is 498 g/mol. The van der Waals surface area contributed by atoms with Gasteiger partial charge in [0.2, 0.25) is 0 Å². The normalized spacial score (nSPS) is 15.7. The summed E-state index contributed by atoms with van der Waals surface area (Å²) in [7, 11) is 0. The Morgan fingerprint density at radius 3 is 2.77 bits per heavy atom. The van der Waals surface area contributed by atoms with Crippen molar-refractivity contribution in [3.63, 3.8) is 0 Å². The quantitative estimate of drug-likeness (QED) is 0.236. The number of imidazole rings is 1. The van der Waals surface area contributed by atoms with Gasteiger partial charge in [-0.15, -0.1) is 0 Å². The van der Waals surface area contributed by atoms with Crippen LogP contribution in [0.3, 0.4) is 0 Å². The zero-order valence-electron chi connectivity index (χ0n) is 18.3. The fourth-order valence-corrected chi connectivity index (χ4v) is 4.06. The Bertz CT molecular complexity index is 1420. The Hall–Kier alpha value is -3.96. The Labute approximate surface area is 203 Å². The van der Waals surface area contributed by atoms with Crippen LogP contribution < -0.4 is 16.9 Å². The van der Waals surface area contributed by atoms with E-state index in [0.29, 0.717) is 27.6 Å². The average molecular weight is 499 g/mol. The van der Waals surface area contributed by atoms with E-state index in [1.54, 1.807) is 47.3 Å². The summed E-state index contributed by atoms with van der Waals surface area (Å²) in [5, 5.41) is 11.0. The number of H-pyrrole nitrogens is 1. The van der Waals surface area contributed by atoms with E-state index < -0.39 is 17.9 Å². The first-order chi connectivity index (χ1) is 16.7. The van der Waals surface area contributed by atoms with E-state index in [9.17, 15) is 13.6 Å². The van der Waals surface area contributed by atoms with Gasteiger partial charge >= 0.3 is 0 Å². The number of hydrogen-bond donors (Lipinski definition) is 4. The highest BCUT2D eigenvalue weighted by Crippen LogP contribution is 2.39. The number of nitrogens with one attached hydrogen (secondary N) is 2. The van der Waals surface area contributed by atoms with Crippen LogP contribution in [0.5, 0.6) is 0 Å². The van der Waals surface area contributed by atoms with Gasteiger partial charge in [0.25, 0.3) is 11.8 Å². The Balaban J connectivity index is 1.37. The summed E-state index contributed by atoms with van der Waals surface area (Å²) >= 11 is 6.31. The highest BCUT2D eigenvalue weighted by molar-refractivity contribution is 6.34. The fourth-order valence-electron chi connectivity index (χ4n) is 3.90. The number of pyridine rings is 1. The van der Waals surface area contributed by atoms with Crippen LogP contribution in [0.1, 0.15) is 28.9 Å². The maximum absolute atomic E-state index is 13.1. The molecule has 1 aromatic carbocycles. The molecule has 0 unspecified atom stereocenters. The second-order valence-electron chi connectivity index (χ2n) is 8.37. The summed E-state index contributed by atoms with van der Waals surface area (Å²) < 4.78 is 27.9. The number of hydrogen-bond acceptors (Lipinski definition) is 6. The lowest BCUT2D eigenvalue weighted by Gasteiger charge is -2.39. The molecule has 3 heterocycles. The minimum atomic E-state index is -2.69. The number of anilines is 1. The van der Waals surface area contributed by atoms with Gasteiger partial charge in [-0.25, -0.2) is 19.6 Å². The third kappa shape index (κ3) is 4.55. The molecule has 1 aliphatic carbocycles. The maximum Gasteiger partial charge on any atom is 0.274 e. The van der Waals surface area contributed by atoms with Gasteiger partial charge in [0.05, 0.1) is 34.8 Å². The van der Waals surface area contributed by atoms with Crippen molar-refractivity contribution >= 4 is 34.5 Å². The predicted octanol–water partition coefficient (Wildman–Crippen LogP) is 3.86. The number of hydrazine groups is 1. The van der Waals surface area contributed by atoms with Gasteiger partial charge in [0.15, 0.2) is 0 Å². The SMILES string of the molecule is N/C(=C\N(N)C1CC(F)(F)C1)c1ccc(Cl)c(NC(=O)c2cnc3ccc(-c4cn[nH]c4)cn23)c1. The summed E-state index contributed by atoms with van der Waals surface area (Å²) in [6.07, 6.45) is 7.45. The number of aromatic amines is 1. The molecule has 9 nitrogen and oxygen atoms in total. The van der Waals surface area contributed by atoms with Crippen molar-refractivity contribution in [1.82, 2.24) is 24.6 Å². The molecule has 0 spiro atoms. The number of aromatic nitrogens is 4. The molecule has 0 bridgehead atoms. The van der Waals surface area contributed by atoms with Gasteiger partial charge in [-0.3, -0.25) is 14.3 Å². The standard InChI is InChI=1S/C23H21ClF2N8O/c24-17-3-1-13(18(27)12-34(28)16-6-23(25,26)7-16)5-19(17)32-22(35)20-10-29-21-4-2-14(11-33(20)21)15-8-30-31-9-15/h1-5,8-12,16H,6-7,27-28H2,(H,30,31)(H,32,35)/b18-12-. The van der Waals surface area contributed by atoms with Crippen LogP contribution in [0.25, 0.3) is 22.5 Å². The second-order valence-corrected chi connectivity index (χ2v) is 8.78. The third-order valence-electron chi connectivity index (χ3n) is 5.90. The molecule has 35 heavy (non-hydrogen) atoms. The number of halogens is 3. The molecule has 1 fully saturated rings. The molecule has 6 N–H and O–H groups in total. The highest BCUT2D eigenvalue weighted by atomic mass is 35.5. The number of benzene rings is 1. The summed E-state index contributed by atoms with van der Waals surface area (Å²) in [4.78, 5) is 17.4. The van der Waals surface area contributed by atoms with Crippen molar-refractivity contribution in [3.05, 3.63) is 77.6 Å². The van der Waals surface area contributed by atoms with Crippen LogP contribution in [-0.4, -0.2) is 42.5 Å². The van der Waals surface area contributed by atoms with E-state index in [2.05, 4.69) is 20.5 Å². The number of amides is 1. The number of nitrogens with two attached hydrogens (primary N) is 2. The summed E-state index contributed by atoms with van der Waals surface area (Å²) in [5.41, 5.74) is 9.84. The first-order valence-electron chi connectivity index (χ1n) is 10.7. The summed E-state index contributed by atoms with van der Waals surface area (Å²) in [6, 6.07) is 8.02. The van der Waals surface area contributed by atoms with Gasteiger partial charge in [-0.2, -0.15) is 5.10 Å². The maximum atomic E-state index is 13.1. The average Bonchev–Trinajstić information content (AvgIpc) is 3.48. The fraction of sp³-hybridized carbons (Fsp3) is 0.174. The number of rotatable bonds is 6. The Morgan fingerprint density at radius 1 is 1.26 bits per heavy atom. The van der Waals surface area contributed by atoms with Gasteiger partial charge in [0.1, 0.15) is 11.3 Å². The van der Waals surface area contributed by atoms with Crippen molar-refractivity contribution < 1.29 is 13.6 Å². The van der Waals surface area contributed by atoms with Gasteiger partial charge in [0, 0.05) is 48.1 Å². The lowest BCUT2D eigenvalue weighted by molar-refractivity contribution is -0.116. The molecular weight excluding hydrogens is 478 g/mol. The van der Waals surface area contributed by atoms with E-state index >= 15 is 0 Å². The van der Waals surface area contributed by atoms with Crippen molar-refractivity contribution in [2.45, 2.75) is 24.8 Å². The number of carbonyl (C=O) groups is 1. The van der Waals surface area contributed by atoms with E-state index in [1.165, 1.54) is 17.4 Å². The van der Waals surface area contributed by atoms with E-state index in [1.807, 2.05) is 6.07 Å². The molecule has 1 aliphatic rings. The molecule has 5 rings (SSSR count). The number of alkyl halides is 2. The number of nitrogens with zero attached hydrogens (tertiary/aromatic N) is 4. The topological polar surface area (TPSA) is 130 Å². The van der Waals surface area contributed by atoms with E-state index in [4.69, 9.17) is 23.2 Å². The predicted molar refractivity (Wildman–Crippen MR) is 128 cm³/mol. The molecular formula is C23H21ClF2N8O. The molecule has 4 aromatic rings. The molecule has 0 atom stereocenters. The first-order valence-corrected chi connectivity index (χ1v) is 11.0. The van der Waals surface area contributed by atoms with Crippen molar-refractivity contribution in [1.29, 1.82) is 0 Å². The molecule has 0 aliphatic heterocycles. The van der Waals surface area contributed by atoms with Gasteiger partial charge in [-0.1, -0.05) is 17.7 Å². The van der Waals surface area contributed by atoms with Crippen LogP contribution in [0.4, 0.5) is 14.5 Å².